The monoisotopic (exact) mass is 403 g/mol. The van der Waals surface area contributed by atoms with E-state index in [-0.39, 0.29) is 0 Å². The van der Waals surface area contributed by atoms with Gasteiger partial charge in [-0.1, -0.05) is 13.8 Å². The Balaban J connectivity index is 1.34. The summed E-state index contributed by atoms with van der Waals surface area (Å²) < 4.78 is 5.74. The number of piperidine rings is 1. The van der Waals surface area contributed by atoms with Crippen LogP contribution in [0.15, 0.2) is 9.41 Å². The fraction of sp³-hybridized carbons (Fsp3) is 0.826. The van der Waals surface area contributed by atoms with Crippen molar-refractivity contribution in [2.24, 2.45) is 22.7 Å². The summed E-state index contributed by atoms with van der Waals surface area (Å²) in [5, 5.41) is 7.25. The van der Waals surface area contributed by atoms with Gasteiger partial charge in [0.15, 0.2) is 5.96 Å². The Morgan fingerprint density at radius 2 is 1.83 bits per heavy atom. The van der Waals surface area contributed by atoms with Gasteiger partial charge in [-0.05, 0) is 83.2 Å². The van der Waals surface area contributed by atoms with Crippen LogP contribution < -0.4 is 10.6 Å². The first-order valence-electron chi connectivity index (χ1n) is 11.6. The number of hydrogen-bond donors (Lipinski definition) is 2. The molecule has 2 heterocycles. The van der Waals surface area contributed by atoms with Crippen molar-refractivity contribution < 1.29 is 4.42 Å². The van der Waals surface area contributed by atoms with Crippen LogP contribution in [0, 0.1) is 31.6 Å². The van der Waals surface area contributed by atoms with Crippen molar-refractivity contribution in [1.82, 2.24) is 20.5 Å². The van der Waals surface area contributed by atoms with Crippen molar-refractivity contribution in [3.63, 3.8) is 0 Å². The lowest BCUT2D eigenvalue weighted by molar-refractivity contribution is 0.164. The van der Waals surface area contributed by atoms with Crippen molar-refractivity contribution in [1.29, 1.82) is 0 Å². The molecule has 2 aliphatic rings. The van der Waals surface area contributed by atoms with E-state index >= 15 is 0 Å². The maximum absolute atomic E-state index is 5.74. The first-order valence-corrected chi connectivity index (χ1v) is 11.6. The van der Waals surface area contributed by atoms with Gasteiger partial charge in [0.1, 0.15) is 5.76 Å². The van der Waals surface area contributed by atoms with Crippen molar-refractivity contribution >= 4 is 5.96 Å². The highest BCUT2D eigenvalue weighted by atomic mass is 16.4. The van der Waals surface area contributed by atoms with Gasteiger partial charge in [0, 0.05) is 19.6 Å². The van der Waals surface area contributed by atoms with Crippen LogP contribution in [0.1, 0.15) is 69.7 Å². The number of nitrogens with zero attached hydrogens (tertiary/aromatic N) is 3. The molecule has 0 aromatic carbocycles. The molecule has 164 valence electrons. The van der Waals surface area contributed by atoms with E-state index in [0.717, 1.165) is 61.3 Å². The molecule has 0 amide bonds. The third-order valence-corrected chi connectivity index (χ3v) is 6.98. The molecule has 1 aliphatic carbocycles. The number of nitrogens with one attached hydrogen (secondary N) is 2. The van der Waals surface area contributed by atoms with Crippen LogP contribution in [0.5, 0.6) is 0 Å². The van der Waals surface area contributed by atoms with Gasteiger partial charge in [-0.2, -0.15) is 0 Å². The highest BCUT2D eigenvalue weighted by Gasteiger charge is 2.24. The predicted octanol–water partition coefficient (Wildman–Crippen LogP) is 3.88. The van der Waals surface area contributed by atoms with Gasteiger partial charge in [0.25, 0.3) is 0 Å². The predicted molar refractivity (Wildman–Crippen MR) is 119 cm³/mol. The lowest BCUT2D eigenvalue weighted by Crippen LogP contribution is -2.47. The molecule has 3 rings (SSSR count). The Hall–Kier alpha value is -1.56. The summed E-state index contributed by atoms with van der Waals surface area (Å²) in [6.45, 7) is 12.8. The first-order chi connectivity index (χ1) is 13.9. The molecule has 2 fully saturated rings. The maximum atomic E-state index is 5.74. The minimum atomic E-state index is 0.575. The van der Waals surface area contributed by atoms with E-state index in [9.17, 15) is 0 Å². The van der Waals surface area contributed by atoms with E-state index in [1.54, 1.807) is 0 Å². The van der Waals surface area contributed by atoms with E-state index in [0.29, 0.717) is 12.0 Å². The molecule has 0 unspecified atom stereocenters. The van der Waals surface area contributed by atoms with Crippen LogP contribution >= 0.6 is 0 Å². The normalized spacial score (nSPS) is 24.8. The van der Waals surface area contributed by atoms with E-state index in [2.05, 4.69) is 39.4 Å². The molecular formula is C23H41N5O. The molecule has 0 bridgehead atoms. The Kier molecular flexibility index (Phi) is 7.99. The molecule has 6 nitrogen and oxygen atoms in total. The summed E-state index contributed by atoms with van der Waals surface area (Å²) >= 11 is 0. The SMILES string of the molecule is CN=C(NCC1CCN(Cc2nc(C)c(C)o2)CC1)NC1CCC(C(C)C)CC1. The second kappa shape index (κ2) is 10.5. The van der Waals surface area contributed by atoms with Crippen molar-refractivity contribution in [2.45, 2.75) is 78.8 Å². The summed E-state index contributed by atoms with van der Waals surface area (Å²) in [6.07, 6.45) is 7.64. The zero-order valence-electron chi connectivity index (χ0n) is 19.1. The second-order valence-electron chi connectivity index (χ2n) is 9.42. The number of aliphatic imine (C=N–C) groups is 1. The van der Waals surface area contributed by atoms with Gasteiger partial charge in [0.05, 0.1) is 12.2 Å². The molecule has 2 N–H and O–H groups in total. The molecule has 6 heteroatoms. The maximum Gasteiger partial charge on any atom is 0.208 e. The lowest BCUT2D eigenvalue weighted by atomic mass is 9.80. The molecule has 0 radical (unpaired) electrons. The molecule has 29 heavy (non-hydrogen) atoms. The second-order valence-corrected chi connectivity index (χ2v) is 9.42. The minimum Gasteiger partial charge on any atom is -0.444 e. The van der Waals surface area contributed by atoms with Crippen LogP contribution in [0.25, 0.3) is 0 Å². The minimum absolute atomic E-state index is 0.575. The Labute approximate surface area is 176 Å². The van der Waals surface area contributed by atoms with Gasteiger partial charge in [0.2, 0.25) is 5.89 Å². The molecule has 1 aromatic heterocycles. The zero-order chi connectivity index (χ0) is 20.8. The zero-order valence-corrected chi connectivity index (χ0v) is 19.1. The van der Waals surface area contributed by atoms with Crippen LogP contribution in [-0.4, -0.2) is 48.6 Å². The van der Waals surface area contributed by atoms with Crippen molar-refractivity contribution in [3.05, 3.63) is 17.3 Å². The largest absolute Gasteiger partial charge is 0.444 e. The Morgan fingerprint density at radius 1 is 1.14 bits per heavy atom. The van der Waals surface area contributed by atoms with E-state index in [1.165, 1.54) is 38.5 Å². The van der Waals surface area contributed by atoms with Gasteiger partial charge in [-0.15, -0.1) is 0 Å². The van der Waals surface area contributed by atoms with Crippen LogP contribution in [0.2, 0.25) is 0 Å². The van der Waals surface area contributed by atoms with Crippen LogP contribution in [-0.2, 0) is 6.54 Å². The number of oxazole rings is 1. The molecular weight excluding hydrogens is 362 g/mol. The molecule has 0 spiro atoms. The summed E-state index contributed by atoms with van der Waals surface area (Å²) in [6, 6.07) is 0.575. The van der Waals surface area contributed by atoms with E-state index in [1.807, 2.05) is 20.9 Å². The molecule has 0 atom stereocenters. The van der Waals surface area contributed by atoms with E-state index < -0.39 is 0 Å². The molecule has 1 saturated heterocycles. The summed E-state index contributed by atoms with van der Waals surface area (Å²) in [4.78, 5) is 11.4. The number of likely N-dealkylation sites (tertiary alicyclic amines) is 1. The van der Waals surface area contributed by atoms with Gasteiger partial charge < -0.3 is 15.1 Å². The fourth-order valence-electron chi connectivity index (χ4n) is 4.71. The van der Waals surface area contributed by atoms with Crippen LogP contribution in [0.4, 0.5) is 0 Å². The topological polar surface area (TPSA) is 65.7 Å². The van der Waals surface area contributed by atoms with Gasteiger partial charge in [-0.25, -0.2) is 4.98 Å². The smallest absolute Gasteiger partial charge is 0.208 e. The average Bonchev–Trinajstić information content (AvgIpc) is 3.03. The summed E-state index contributed by atoms with van der Waals surface area (Å²) in [5.74, 6) is 5.19. The van der Waals surface area contributed by atoms with Gasteiger partial charge in [-0.3, -0.25) is 9.89 Å². The van der Waals surface area contributed by atoms with Gasteiger partial charge >= 0.3 is 0 Å². The van der Waals surface area contributed by atoms with Crippen LogP contribution in [0.3, 0.4) is 0 Å². The standard InChI is InChI=1S/C23H41N5O/c1-16(2)20-6-8-21(9-7-20)27-23(24-5)25-14-19-10-12-28(13-11-19)15-22-26-17(3)18(4)29-22/h16,19-21H,6-15H2,1-5H3,(H2,24,25,27). The Bertz CT molecular complexity index is 633. The van der Waals surface area contributed by atoms with Crippen molar-refractivity contribution in [2.75, 3.05) is 26.7 Å². The number of aryl methyl sites for hydroxylation is 2. The number of hydrogen-bond acceptors (Lipinski definition) is 4. The number of aromatic nitrogens is 1. The first kappa shape index (κ1) is 22.1. The van der Waals surface area contributed by atoms with E-state index in [4.69, 9.17) is 4.42 Å². The third-order valence-electron chi connectivity index (χ3n) is 6.98. The highest BCUT2D eigenvalue weighted by molar-refractivity contribution is 5.79. The Morgan fingerprint density at radius 3 is 2.38 bits per heavy atom. The molecule has 1 aliphatic heterocycles. The number of guanidine groups is 1. The fourth-order valence-corrected chi connectivity index (χ4v) is 4.71. The third kappa shape index (κ3) is 6.46. The molecule has 1 saturated carbocycles. The molecule has 1 aromatic rings. The lowest BCUT2D eigenvalue weighted by Gasteiger charge is -2.33. The average molecular weight is 404 g/mol. The summed E-state index contributed by atoms with van der Waals surface area (Å²) in [7, 11) is 1.89. The quantitative estimate of drug-likeness (QED) is 0.557. The summed E-state index contributed by atoms with van der Waals surface area (Å²) in [5.41, 5.74) is 1.01. The number of rotatable bonds is 6. The highest BCUT2D eigenvalue weighted by Crippen LogP contribution is 2.29. The van der Waals surface area contributed by atoms with Crippen molar-refractivity contribution in [3.8, 4) is 0 Å².